The molecule has 0 bridgehead atoms. The lowest BCUT2D eigenvalue weighted by Crippen LogP contribution is -2.47. The highest BCUT2D eigenvalue weighted by Crippen LogP contribution is 2.41. The largest absolute Gasteiger partial charge is 0.394 e. The van der Waals surface area contributed by atoms with Crippen LogP contribution in [0.3, 0.4) is 0 Å². The number of hydrogen-bond acceptors (Lipinski definition) is 3. The van der Waals surface area contributed by atoms with Crippen LogP contribution in [0, 0.1) is 13.8 Å². The van der Waals surface area contributed by atoms with Crippen LogP contribution in [0.1, 0.15) is 41.8 Å². The van der Waals surface area contributed by atoms with Crippen molar-refractivity contribution in [1.29, 1.82) is 0 Å². The monoisotopic (exact) mass is 333 g/mol. The molecule has 0 spiro atoms. The van der Waals surface area contributed by atoms with Gasteiger partial charge in [0.2, 0.25) is 0 Å². The van der Waals surface area contributed by atoms with Crippen molar-refractivity contribution in [3.8, 4) is 0 Å². The molecule has 4 nitrogen and oxygen atoms in total. The Hall–Kier alpha value is -1.36. The number of aromatic nitrogens is 2. The van der Waals surface area contributed by atoms with Gasteiger partial charge in [-0.15, -0.1) is 0 Å². The summed E-state index contributed by atoms with van der Waals surface area (Å²) in [5, 5.41) is 18.2. The number of aliphatic hydroxyl groups excluding tert-OH is 1. The fourth-order valence-electron chi connectivity index (χ4n) is 3.43. The molecule has 0 radical (unpaired) electrons. The van der Waals surface area contributed by atoms with Crippen molar-refractivity contribution in [2.75, 3.05) is 6.61 Å². The first-order valence-electron chi connectivity index (χ1n) is 8.20. The second-order valence-electron chi connectivity index (χ2n) is 6.39. The molecule has 0 aliphatic heterocycles. The molecule has 1 aromatic carbocycles. The second kappa shape index (κ2) is 6.63. The molecule has 5 heteroatoms. The normalized spacial score (nSPS) is 16.3. The number of nitrogens with zero attached hydrogens (tertiary/aromatic N) is 2. The molecule has 1 aromatic heterocycles. The molecule has 1 fully saturated rings. The third-order valence-electron chi connectivity index (χ3n) is 5.05. The summed E-state index contributed by atoms with van der Waals surface area (Å²) >= 11 is 6.02. The number of aliphatic hydroxyl groups is 1. The van der Waals surface area contributed by atoms with Crippen LogP contribution in [-0.4, -0.2) is 21.5 Å². The second-order valence-corrected chi connectivity index (χ2v) is 6.83. The van der Waals surface area contributed by atoms with E-state index in [1.54, 1.807) is 0 Å². The van der Waals surface area contributed by atoms with Gasteiger partial charge in [-0.1, -0.05) is 23.7 Å². The SMILES string of the molecule is Cc1nn(CCO)c(C)c1CNC1(c2ccc(Cl)cc2)CCC1. The maximum atomic E-state index is 9.13. The summed E-state index contributed by atoms with van der Waals surface area (Å²) in [4.78, 5) is 0. The van der Waals surface area contributed by atoms with Crippen LogP contribution in [0.5, 0.6) is 0 Å². The molecule has 1 aliphatic rings. The van der Waals surface area contributed by atoms with E-state index in [9.17, 15) is 0 Å². The van der Waals surface area contributed by atoms with Crippen molar-refractivity contribution >= 4 is 11.6 Å². The van der Waals surface area contributed by atoms with E-state index in [1.165, 1.54) is 17.5 Å². The highest BCUT2D eigenvalue weighted by molar-refractivity contribution is 6.30. The molecular formula is C18H24ClN3O. The third kappa shape index (κ3) is 3.16. The van der Waals surface area contributed by atoms with Crippen LogP contribution >= 0.6 is 11.6 Å². The number of halogens is 1. The van der Waals surface area contributed by atoms with E-state index >= 15 is 0 Å². The molecule has 0 amide bonds. The number of benzene rings is 1. The molecule has 1 aliphatic carbocycles. The van der Waals surface area contributed by atoms with Gasteiger partial charge >= 0.3 is 0 Å². The zero-order valence-electron chi connectivity index (χ0n) is 13.8. The average molecular weight is 334 g/mol. The van der Waals surface area contributed by atoms with Crippen molar-refractivity contribution < 1.29 is 5.11 Å². The Morgan fingerprint density at radius 2 is 1.96 bits per heavy atom. The summed E-state index contributed by atoms with van der Waals surface area (Å²) in [5.41, 5.74) is 4.77. The lowest BCUT2D eigenvalue weighted by atomic mass is 9.71. The van der Waals surface area contributed by atoms with Gasteiger partial charge in [-0.25, -0.2) is 0 Å². The zero-order valence-corrected chi connectivity index (χ0v) is 14.5. The van der Waals surface area contributed by atoms with Crippen molar-refractivity contribution in [3.63, 3.8) is 0 Å². The molecule has 3 rings (SSSR count). The van der Waals surface area contributed by atoms with Gasteiger partial charge in [0.15, 0.2) is 0 Å². The van der Waals surface area contributed by atoms with E-state index < -0.39 is 0 Å². The minimum Gasteiger partial charge on any atom is -0.394 e. The minimum atomic E-state index is 0.0581. The van der Waals surface area contributed by atoms with Gasteiger partial charge in [0.1, 0.15) is 0 Å². The predicted octanol–water partition coefficient (Wildman–Crippen LogP) is 3.31. The predicted molar refractivity (Wildman–Crippen MR) is 92.6 cm³/mol. The topological polar surface area (TPSA) is 50.1 Å². The summed E-state index contributed by atoms with van der Waals surface area (Å²) in [6.45, 7) is 5.57. The number of aryl methyl sites for hydroxylation is 1. The lowest BCUT2D eigenvalue weighted by molar-refractivity contribution is 0.183. The number of hydrogen-bond donors (Lipinski definition) is 2. The van der Waals surface area contributed by atoms with Gasteiger partial charge in [0.25, 0.3) is 0 Å². The van der Waals surface area contributed by atoms with E-state index in [0.29, 0.717) is 6.54 Å². The summed E-state index contributed by atoms with van der Waals surface area (Å²) in [6.07, 6.45) is 3.55. The smallest absolute Gasteiger partial charge is 0.0644 e. The van der Waals surface area contributed by atoms with Gasteiger partial charge in [-0.3, -0.25) is 4.68 Å². The molecule has 2 N–H and O–H groups in total. The molecule has 2 aromatic rings. The van der Waals surface area contributed by atoms with Gasteiger partial charge in [0.05, 0.1) is 18.8 Å². The van der Waals surface area contributed by atoms with E-state index in [0.717, 1.165) is 35.8 Å². The van der Waals surface area contributed by atoms with Crippen LogP contribution < -0.4 is 5.32 Å². The molecule has 0 saturated heterocycles. The maximum absolute atomic E-state index is 9.13. The molecule has 23 heavy (non-hydrogen) atoms. The van der Waals surface area contributed by atoms with Crippen LogP contribution in [-0.2, 0) is 18.6 Å². The fourth-order valence-corrected chi connectivity index (χ4v) is 3.55. The zero-order chi connectivity index (χ0) is 16.4. The van der Waals surface area contributed by atoms with Crippen LogP contribution in [0.25, 0.3) is 0 Å². The Balaban J connectivity index is 1.77. The summed E-state index contributed by atoms with van der Waals surface area (Å²) in [5.74, 6) is 0. The Bertz CT molecular complexity index is 674. The van der Waals surface area contributed by atoms with Gasteiger partial charge < -0.3 is 10.4 Å². The minimum absolute atomic E-state index is 0.0581. The van der Waals surface area contributed by atoms with Gasteiger partial charge in [-0.05, 0) is 50.8 Å². The van der Waals surface area contributed by atoms with Crippen molar-refractivity contribution in [1.82, 2.24) is 15.1 Å². The summed E-state index contributed by atoms with van der Waals surface area (Å²) in [6, 6.07) is 8.19. The number of rotatable bonds is 6. The third-order valence-corrected chi connectivity index (χ3v) is 5.30. The van der Waals surface area contributed by atoms with Crippen LogP contribution in [0.4, 0.5) is 0 Å². The standard InChI is InChI=1S/C18H24ClN3O/c1-13-17(14(2)22(21-13)10-11-23)12-20-18(8-3-9-18)15-4-6-16(19)7-5-15/h4-7,20,23H,3,8-12H2,1-2H3. The molecule has 1 heterocycles. The Morgan fingerprint density at radius 3 is 2.52 bits per heavy atom. The average Bonchev–Trinajstić information content (AvgIpc) is 2.75. The number of nitrogens with one attached hydrogen (secondary N) is 1. The van der Waals surface area contributed by atoms with Crippen molar-refractivity contribution in [2.45, 2.75) is 51.7 Å². The summed E-state index contributed by atoms with van der Waals surface area (Å²) in [7, 11) is 0. The molecule has 0 unspecified atom stereocenters. The van der Waals surface area contributed by atoms with E-state index in [4.69, 9.17) is 16.7 Å². The highest BCUT2D eigenvalue weighted by atomic mass is 35.5. The maximum Gasteiger partial charge on any atom is 0.0644 e. The first-order chi connectivity index (χ1) is 11.1. The molecule has 124 valence electrons. The Labute approximate surface area is 142 Å². The Morgan fingerprint density at radius 1 is 1.26 bits per heavy atom. The van der Waals surface area contributed by atoms with E-state index in [1.807, 2.05) is 23.7 Å². The van der Waals surface area contributed by atoms with Crippen LogP contribution in [0.2, 0.25) is 5.02 Å². The quantitative estimate of drug-likeness (QED) is 0.852. The Kier molecular flexibility index (Phi) is 4.76. The van der Waals surface area contributed by atoms with Gasteiger partial charge in [-0.2, -0.15) is 5.10 Å². The summed E-state index contributed by atoms with van der Waals surface area (Å²) < 4.78 is 1.89. The van der Waals surface area contributed by atoms with Crippen molar-refractivity contribution in [2.24, 2.45) is 0 Å². The molecule has 0 atom stereocenters. The van der Waals surface area contributed by atoms with Gasteiger partial charge in [0, 0.05) is 28.4 Å². The van der Waals surface area contributed by atoms with E-state index in [-0.39, 0.29) is 12.1 Å². The first kappa shape index (κ1) is 16.5. The van der Waals surface area contributed by atoms with Crippen LogP contribution in [0.15, 0.2) is 24.3 Å². The van der Waals surface area contributed by atoms with E-state index in [2.05, 4.69) is 29.5 Å². The first-order valence-corrected chi connectivity index (χ1v) is 8.58. The molecule has 1 saturated carbocycles. The fraction of sp³-hybridized carbons (Fsp3) is 0.500. The lowest BCUT2D eigenvalue weighted by Gasteiger charge is -2.43. The molecular weight excluding hydrogens is 310 g/mol. The van der Waals surface area contributed by atoms with Crippen molar-refractivity contribution in [3.05, 3.63) is 51.8 Å². The highest BCUT2D eigenvalue weighted by Gasteiger charge is 2.38.